The van der Waals surface area contributed by atoms with Gasteiger partial charge < -0.3 is 10.1 Å². The van der Waals surface area contributed by atoms with Gasteiger partial charge in [-0.2, -0.15) is 0 Å². The molecule has 0 saturated carbocycles. The van der Waals surface area contributed by atoms with Gasteiger partial charge in [0, 0.05) is 5.69 Å². The number of rotatable bonds is 5. The van der Waals surface area contributed by atoms with E-state index in [2.05, 4.69) is 5.32 Å². The summed E-state index contributed by atoms with van der Waals surface area (Å²) in [6.45, 7) is 3.98. The van der Waals surface area contributed by atoms with Gasteiger partial charge in [-0.15, -0.1) is 0 Å². The van der Waals surface area contributed by atoms with E-state index in [9.17, 15) is 13.2 Å². The third-order valence-electron chi connectivity index (χ3n) is 5.20. The van der Waals surface area contributed by atoms with Gasteiger partial charge in [0.15, 0.2) is 6.10 Å². The van der Waals surface area contributed by atoms with Crippen LogP contribution in [0.2, 0.25) is 0 Å². The standard InChI is InChI=1S/C24H24N2O4S/c1-17(2)19-12-6-7-13-20(19)25-24(27)23-16-26(21-14-8-9-15-22(21)30-23)31(28,29)18-10-4-3-5-11-18/h3-15,17,23H,16H2,1-2H3,(H,25,27)/t23-/m0/s1. The van der Waals surface area contributed by atoms with Crippen LogP contribution in [0.3, 0.4) is 0 Å². The fraction of sp³-hybridized carbons (Fsp3) is 0.208. The lowest BCUT2D eigenvalue weighted by Gasteiger charge is -2.34. The molecule has 4 rings (SSSR count). The topological polar surface area (TPSA) is 75.7 Å². The minimum absolute atomic E-state index is 0.121. The van der Waals surface area contributed by atoms with E-state index in [1.54, 1.807) is 54.6 Å². The largest absolute Gasteiger partial charge is 0.476 e. The Morgan fingerprint density at radius 3 is 2.35 bits per heavy atom. The number of nitrogens with one attached hydrogen (secondary N) is 1. The predicted octanol–water partition coefficient (Wildman–Crippen LogP) is 4.41. The average Bonchev–Trinajstić information content (AvgIpc) is 2.79. The highest BCUT2D eigenvalue weighted by Gasteiger charge is 2.37. The number of anilines is 2. The highest BCUT2D eigenvalue weighted by atomic mass is 32.2. The summed E-state index contributed by atoms with van der Waals surface area (Å²) in [6.07, 6.45) is -0.992. The molecule has 1 amide bonds. The Bertz CT molecular complexity index is 1190. The molecule has 6 nitrogen and oxygen atoms in total. The molecule has 1 aliphatic rings. The van der Waals surface area contributed by atoms with Crippen LogP contribution in [0.5, 0.6) is 5.75 Å². The maximum atomic E-state index is 13.4. The molecule has 31 heavy (non-hydrogen) atoms. The highest BCUT2D eigenvalue weighted by Crippen LogP contribution is 2.37. The molecule has 0 fully saturated rings. The molecule has 3 aromatic carbocycles. The Morgan fingerprint density at radius 2 is 1.61 bits per heavy atom. The van der Waals surface area contributed by atoms with Gasteiger partial charge in [-0.25, -0.2) is 8.42 Å². The van der Waals surface area contributed by atoms with Crippen LogP contribution in [-0.4, -0.2) is 27.0 Å². The summed E-state index contributed by atoms with van der Waals surface area (Å²) in [5.74, 6) is 0.181. The summed E-state index contributed by atoms with van der Waals surface area (Å²) in [6, 6.07) is 22.6. The van der Waals surface area contributed by atoms with Crippen LogP contribution in [0.4, 0.5) is 11.4 Å². The molecule has 0 radical (unpaired) electrons. The van der Waals surface area contributed by atoms with Gasteiger partial charge in [-0.05, 0) is 41.8 Å². The van der Waals surface area contributed by atoms with E-state index >= 15 is 0 Å². The zero-order valence-corrected chi connectivity index (χ0v) is 18.2. The maximum Gasteiger partial charge on any atom is 0.267 e. The first-order chi connectivity index (χ1) is 14.9. The number of carbonyl (C=O) groups is 1. The summed E-state index contributed by atoms with van der Waals surface area (Å²) in [4.78, 5) is 13.3. The third-order valence-corrected chi connectivity index (χ3v) is 6.99. The number of fused-ring (bicyclic) bond motifs is 1. The van der Waals surface area contributed by atoms with Gasteiger partial charge in [0.2, 0.25) is 0 Å². The number of ether oxygens (including phenoxy) is 1. The van der Waals surface area contributed by atoms with Crippen molar-refractivity contribution in [3.63, 3.8) is 0 Å². The first kappa shape index (κ1) is 20.9. The normalized spacial score (nSPS) is 15.8. The molecule has 1 heterocycles. The molecule has 0 bridgehead atoms. The van der Waals surface area contributed by atoms with Crippen LogP contribution in [0.15, 0.2) is 83.8 Å². The fourth-order valence-corrected chi connectivity index (χ4v) is 5.11. The van der Waals surface area contributed by atoms with E-state index in [-0.39, 0.29) is 17.4 Å². The van der Waals surface area contributed by atoms with Crippen LogP contribution in [-0.2, 0) is 14.8 Å². The second-order valence-electron chi connectivity index (χ2n) is 7.65. The zero-order valence-electron chi connectivity index (χ0n) is 17.4. The van der Waals surface area contributed by atoms with Crippen molar-refractivity contribution in [3.8, 4) is 5.75 Å². The summed E-state index contributed by atoms with van der Waals surface area (Å²) in [5.41, 5.74) is 2.11. The van der Waals surface area contributed by atoms with Crippen LogP contribution in [0.1, 0.15) is 25.3 Å². The average molecular weight is 437 g/mol. The van der Waals surface area contributed by atoms with Gasteiger partial charge in [0.25, 0.3) is 15.9 Å². The zero-order chi connectivity index (χ0) is 22.0. The molecule has 0 unspecified atom stereocenters. The number of carbonyl (C=O) groups excluding carboxylic acids is 1. The Morgan fingerprint density at radius 1 is 0.968 bits per heavy atom. The van der Waals surface area contributed by atoms with Crippen molar-refractivity contribution in [2.45, 2.75) is 30.8 Å². The predicted molar refractivity (Wildman–Crippen MR) is 121 cm³/mol. The quantitative estimate of drug-likeness (QED) is 0.643. The first-order valence-corrected chi connectivity index (χ1v) is 11.5. The highest BCUT2D eigenvalue weighted by molar-refractivity contribution is 7.92. The van der Waals surface area contributed by atoms with E-state index in [1.165, 1.54) is 4.31 Å². The van der Waals surface area contributed by atoms with Crippen molar-refractivity contribution in [2.24, 2.45) is 0 Å². The summed E-state index contributed by atoms with van der Waals surface area (Å²) >= 11 is 0. The fourth-order valence-electron chi connectivity index (χ4n) is 3.61. The lowest BCUT2D eigenvalue weighted by molar-refractivity contribution is -0.122. The Kier molecular flexibility index (Phi) is 5.69. The molecule has 0 aliphatic carbocycles. The lowest BCUT2D eigenvalue weighted by Crippen LogP contribution is -2.48. The SMILES string of the molecule is CC(C)c1ccccc1NC(=O)[C@@H]1CN(S(=O)(=O)c2ccccc2)c2ccccc2O1. The molecule has 160 valence electrons. The number of hydrogen-bond acceptors (Lipinski definition) is 4. The van der Waals surface area contributed by atoms with E-state index < -0.39 is 22.0 Å². The van der Waals surface area contributed by atoms with Crippen LogP contribution in [0.25, 0.3) is 0 Å². The maximum absolute atomic E-state index is 13.4. The van der Waals surface area contributed by atoms with E-state index in [0.29, 0.717) is 17.1 Å². The van der Waals surface area contributed by atoms with E-state index in [1.807, 2.05) is 38.1 Å². The Hall–Kier alpha value is -3.32. The molecular formula is C24H24N2O4S. The van der Waals surface area contributed by atoms with Gasteiger partial charge in [0.1, 0.15) is 5.75 Å². The molecule has 0 aromatic heterocycles. The van der Waals surface area contributed by atoms with Crippen molar-refractivity contribution < 1.29 is 17.9 Å². The molecule has 1 aliphatic heterocycles. The number of para-hydroxylation sites is 3. The van der Waals surface area contributed by atoms with E-state index in [4.69, 9.17) is 4.74 Å². The minimum Gasteiger partial charge on any atom is -0.476 e. The minimum atomic E-state index is -3.86. The van der Waals surface area contributed by atoms with Crippen LogP contribution >= 0.6 is 0 Å². The monoisotopic (exact) mass is 436 g/mol. The smallest absolute Gasteiger partial charge is 0.267 e. The number of sulfonamides is 1. The second-order valence-corrected chi connectivity index (χ2v) is 9.52. The summed E-state index contributed by atoms with van der Waals surface area (Å²) < 4.78 is 33.9. The van der Waals surface area contributed by atoms with Gasteiger partial charge >= 0.3 is 0 Å². The van der Waals surface area contributed by atoms with Crippen molar-refractivity contribution in [1.82, 2.24) is 0 Å². The van der Waals surface area contributed by atoms with Crippen molar-refractivity contribution in [3.05, 3.63) is 84.4 Å². The van der Waals surface area contributed by atoms with Crippen molar-refractivity contribution >= 4 is 27.3 Å². The molecule has 0 spiro atoms. The van der Waals surface area contributed by atoms with Gasteiger partial charge in [-0.1, -0.05) is 62.4 Å². The molecule has 1 atom stereocenters. The number of amides is 1. The van der Waals surface area contributed by atoms with E-state index in [0.717, 1.165) is 5.56 Å². The third kappa shape index (κ3) is 4.14. The van der Waals surface area contributed by atoms with Gasteiger partial charge in [-0.3, -0.25) is 9.10 Å². The molecular weight excluding hydrogens is 412 g/mol. The Balaban J connectivity index is 1.67. The molecule has 1 N–H and O–H groups in total. The first-order valence-electron chi connectivity index (χ1n) is 10.1. The summed E-state index contributed by atoms with van der Waals surface area (Å²) in [7, 11) is -3.86. The van der Waals surface area contributed by atoms with Crippen molar-refractivity contribution in [1.29, 1.82) is 0 Å². The van der Waals surface area contributed by atoms with Crippen LogP contribution < -0.4 is 14.4 Å². The van der Waals surface area contributed by atoms with Gasteiger partial charge in [0.05, 0.1) is 17.1 Å². The number of benzene rings is 3. The Labute approximate surface area is 182 Å². The summed E-state index contributed by atoms with van der Waals surface area (Å²) in [5, 5.41) is 2.92. The molecule has 0 saturated heterocycles. The van der Waals surface area contributed by atoms with Crippen LogP contribution in [0, 0.1) is 0 Å². The molecule has 7 heteroatoms. The second kappa shape index (κ2) is 8.43. The van der Waals surface area contributed by atoms with Crippen molar-refractivity contribution in [2.75, 3.05) is 16.2 Å². The molecule has 3 aromatic rings. The lowest BCUT2D eigenvalue weighted by atomic mass is 10.0. The number of nitrogens with zero attached hydrogens (tertiary/aromatic N) is 1. The number of hydrogen-bond donors (Lipinski definition) is 1.